The molecule has 0 saturated carbocycles. The van der Waals surface area contributed by atoms with Crippen LogP contribution < -0.4 is 4.74 Å². The van der Waals surface area contributed by atoms with Gasteiger partial charge in [0.2, 0.25) is 5.91 Å². The standard InChI is InChI=1S/C25H31N5O2/c1-18(2)24-28-14-16-30(24)25-23(26-12-13-27-25)20-5-4-15-29(17-20)22(31)11-8-19-6-9-21(32-3)10-7-19/h6-7,9-10,12-14,16,18,20H,4-5,8,11,15,17H2,1-3H3/t20-/m0/s1. The number of ether oxygens (including phenoxy) is 1. The van der Waals surface area contributed by atoms with Crippen LogP contribution in [-0.4, -0.2) is 50.5 Å². The number of hydrogen-bond donors (Lipinski definition) is 0. The lowest BCUT2D eigenvalue weighted by atomic mass is 9.93. The first-order chi connectivity index (χ1) is 15.6. The molecular weight excluding hydrogens is 402 g/mol. The molecule has 0 unspecified atom stereocenters. The van der Waals surface area contributed by atoms with E-state index in [1.807, 2.05) is 46.1 Å². The van der Waals surface area contributed by atoms with Gasteiger partial charge in [0.25, 0.3) is 0 Å². The SMILES string of the molecule is COc1ccc(CCC(=O)N2CCC[C@H](c3nccnc3-n3ccnc3C(C)C)C2)cc1. The van der Waals surface area contributed by atoms with Crippen LogP contribution in [0.2, 0.25) is 0 Å². The number of likely N-dealkylation sites (tertiary alicyclic amines) is 1. The summed E-state index contributed by atoms with van der Waals surface area (Å²) in [5.41, 5.74) is 2.09. The number of aromatic nitrogens is 4. The second-order valence-electron chi connectivity index (χ2n) is 8.60. The third kappa shape index (κ3) is 4.82. The highest BCUT2D eigenvalue weighted by Gasteiger charge is 2.28. The molecule has 1 fully saturated rings. The number of methoxy groups -OCH3 is 1. The zero-order valence-electron chi connectivity index (χ0n) is 19.1. The van der Waals surface area contributed by atoms with Crippen LogP contribution in [0.4, 0.5) is 0 Å². The molecule has 0 radical (unpaired) electrons. The Labute approximate surface area is 189 Å². The van der Waals surface area contributed by atoms with E-state index in [1.54, 1.807) is 19.5 Å². The second-order valence-corrected chi connectivity index (χ2v) is 8.60. The molecule has 7 nitrogen and oxygen atoms in total. The van der Waals surface area contributed by atoms with E-state index in [0.717, 1.165) is 54.5 Å². The van der Waals surface area contributed by atoms with Gasteiger partial charge in [0.15, 0.2) is 5.82 Å². The van der Waals surface area contributed by atoms with Gasteiger partial charge in [-0.2, -0.15) is 0 Å². The normalized spacial score (nSPS) is 16.4. The highest BCUT2D eigenvalue weighted by Crippen LogP contribution is 2.30. The van der Waals surface area contributed by atoms with Crippen LogP contribution in [0.1, 0.15) is 62.0 Å². The summed E-state index contributed by atoms with van der Waals surface area (Å²) in [7, 11) is 1.66. The molecule has 1 aromatic carbocycles. The van der Waals surface area contributed by atoms with Crippen LogP contribution in [0.25, 0.3) is 5.82 Å². The van der Waals surface area contributed by atoms with Crippen molar-refractivity contribution in [2.24, 2.45) is 0 Å². The zero-order chi connectivity index (χ0) is 22.5. The topological polar surface area (TPSA) is 73.1 Å². The molecule has 3 heterocycles. The van der Waals surface area contributed by atoms with Crippen molar-refractivity contribution in [3.63, 3.8) is 0 Å². The average molecular weight is 434 g/mol. The van der Waals surface area contributed by atoms with Gasteiger partial charge in [0.1, 0.15) is 11.6 Å². The van der Waals surface area contributed by atoms with Gasteiger partial charge in [-0.05, 0) is 37.0 Å². The second kappa shape index (κ2) is 9.94. The number of benzene rings is 1. The highest BCUT2D eigenvalue weighted by molar-refractivity contribution is 5.76. The van der Waals surface area contributed by atoms with Gasteiger partial charge in [0.05, 0.1) is 12.8 Å². The minimum Gasteiger partial charge on any atom is -0.497 e. The van der Waals surface area contributed by atoms with Crippen molar-refractivity contribution >= 4 is 5.91 Å². The Morgan fingerprint density at radius 2 is 1.91 bits per heavy atom. The van der Waals surface area contributed by atoms with Crippen molar-refractivity contribution in [3.05, 3.63) is 66.1 Å². The van der Waals surface area contributed by atoms with Crippen LogP contribution in [0.5, 0.6) is 5.75 Å². The van der Waals surface area contributed by atoms with Crippen LogP contribution >= 0.6 is 0 Å². The summed E-state index contributed by atoms with van der Waals surface area (Å²) >= 11 is 0. The fraction of sp³-hybridized carbons (Fsp3) is 0.440. The van der Waals surface area contributed by atoms with E-state index in [0.29, 0.717) is 13.0 Å². The summed E-state index contributed by atoms with van der Waals surface area (Å²) in [6.07, 6.45) is 10.4. The summed E-state index contributed by atoms with van der Waals surface area (Å²) in [4.78, 5) is 28.8. The molecule has 0 spiro atoms. The molecule has 1 atom stereocenters. The Morgan fingerprint density at radius 1 is 1.12 bits per heavy atom. The summed E-state index contributed by atoms with van der Waals surface area (Å²) in [5.74, 6) is 3.27. The Balaban J connectivity index is 1.46. The molecule has 32 heavy (non-hydrogen) atoms. The van der Waals surface area contributed by atoms with E-state index >= 15 is 0 Å². The predicted molar refractivity (Wildman–Crippen MR) is 123 cm³/mol. The van der Waals surface area contributed by atoms with Crippen LogP contribution in [0, 0.1) is 0 Å². The predicted octanol–water partition coefficient (Wildman–Crippen LogP) is 4.13. The number of amides is 1. The molecule has 1 aliphatic heterocycles. The van der Waals surface area contributed by atoms with Gasteiger partial charge in [-0.1, -0.05) is 26.0 Å². The molecule has 0 aliphatic carbocycles. The zero-order valence-corrected chi connectivity index (χ0v) is 19.1. The highest BCUT2D eigenvalue weighted by atomic mass is 16.5. The minimum atomic E-state index is 0.166. The molecule has 1 amide bonds. The van der Waals surface area contributed by atoms with Gasteiger partial charge < -0.3 is 9.64 Å². The molecule has 1 aliphatic rings. The molecule has 168 valence electrons. The largest absolute Gasteiger partial charge is 0.497 e. The van der Waals surface area contributed by atoms with Gasteiger partial charge in [-0.3, -0.25) is 14.3 Å². The number of carbonyl (C=O) groups excluding carboxylic acids is 1. The molecule has 1 saturated heterocycles. The van der Waals surface area contributed by atoms with E-state index in [1.165, 1.54) is 0 Å². The maximum absolute atomic E-state index is 13.0. The molecule has 4 rings (SSSR count). The quantitative estimate of drug-likeness (QED) is 0.560. The fourth-order valence-corrected chi connectivity index (χ4v) is 4.36. The maximum atomic E-state index is 13.0. The lowest BCUT2D eigenvalue weighted by Crippen LogP contribution is -2.39. The Kier molecular flexibility index (Phi) is 6.83. The number of imidazole rings is 1. The van der Waals surface area contributed by atoms with Crippen LogP contribution in [0.15, 0.2) is 49.1 Å². The van der Waals surface area contributed by atoms with E-state index in [2.05, 4.69) is 23.8 Å². The summed E-state index contributed by atoms with van der Waals surface area (Å²) < 4.78 is 7.25. The Morgan fingerprint density at radius 3 is 2.66 bits per heavy atom. The first-order valence-corrected chi connectivity index (χ1v) is 11.3. The number of aryl methyl sites for hydroxylation is 1. The Bertz CT molecular complexity index is 1040. The van der Waals surface area contributed by atoms with Gasteiger partial charge in [-0.15, -0.1) is 0 Å². The summed E-state index contributed by atoms with van der Waals surface area (Å²) in [6, 6.07) is 7.92. The number of carbonyl (C=O) groups is 1. The molecule has 7 heteroatoms. The monoisotopic (exact) mass is 433 g/mol. The number of nitrogens with zero attached hydrogens (tertiary/aromatic N) is 5. The van der Waals surface area contributed by atoms with Crippen molar-refractivity contribution in [1.29, 1.82) is 0 Å². The lowest BCUT2D eigenvalue weighted by Gasteiger charge is -2.33. The summed E-state index contributed by atoms with van der Waals surface area (Å²) in [6.45, 7) is 5.73. The van der Waals surface area contributed by atoms with Gasteiger partial charge in [0, 0.05) is 56.1 Å². The number of hydrogen-bond acceptors (Lipinski definition) is 5. The molecule has 2 aromatic heterocycles. The van der Waals surface area contributed by atoms with Crippen LogP contribution in [-0.2, 0) is 11.2 Å². The average Bonchev–Trinajstić information content (AvgIpc) is 3.33. The Hall–Kier alpha value is -3.22. The van der Waals surface area contributed by atoms with Gasteiger partial charge in [-0.25, -0.2) is 9.97 Å². The third-order valence-electron chi connectivity index (χ3n) is 6.07. The van der Waals surface area contributed by atoms with Gasteiger partial charge >= 0.3 is 0 Å². The van der Waals surface area contributed by atoms with Crippen molar-refractivity contribution in [3.8, 4) is 11.6 Å². The maximum Gasteiger partial charge on any atom is 0.222 e. The fourth-order valence-electron chi connectivity index (χ4n) is 4.36. The van der Waals surface area contributed by atoms with E-state index in [9.17, 15) is 4.79 Å². The first-order valence-electron chi connectivity index (χ1n) is 11.3. The van der Waals surface area contributed by atoms with Crippen molar-refractivity contribution in [1.82, 2.24) is 24.4 Å². The molecular formula is C25H31N5O2. The minimum absolute atomic E-state index is 0.166. The lowest BCUT2D eigenvalue weighted by molar-refractivity contribution is -0.132. The number of rotatable bonds is 7. The third-order valence-corrected chi connectivity index (χ3v) is 6.07. The smallest absolute Gasteiger partial charge is 0.222 e. The number of piperidine rings is 1. The molecule has 0 bridgehead atoms. The first kappa shape index (κ1) is 22.0. The van der Waals surface area contributed by atoms with E-state index in [-0.39, 0.29) is 17.7 Å². The van der Waals surface area contributed by atoms with Crippen molar-refractivity contribution in [2.45, 2.75) is 51.4 Å². The van der Waals surface area contributed by atoms with Crippen molar-refractivity contribution in [2.75, 3.05) is 20.2 Å². The van der Waals surface area contributed by atoms with E-state index in [4.69, 9.17) is 9.72 Å². The van der Waals surface area contributed by atoms with Crippen LogP contribution in [0.3, 0.4) is 0 Å². The van der Waals surface area contributed by atoms with E-state index < -0.39 is 0 Å². The molecule has 3 aromatic rings. The molecule has 0 N–H and O–H groups in total. The van der Waals surface area contributed by atoms with Crippen molar-refractivity contribution < 1.29 is 9.53 Å². The summed E-state index contributed by atoms with van der Waals surface area (Å²) in [5, 5.41) is 0.